The predicted octanol–water partition coefficient (Wildman–Crippen LogP) is 5.66. The van der Waals surface area contributed by atoms with E-state index in [9.17, 15) is 18.0 Å². The standard InChI is InChI=1S/C16H10BrCl3F3N5O/c1-27-13(16(21,22)23)11(17)12(25-27)15(29)24-14-10(20)6-28(26-14)5-7-2-3-8(18)4-9(7)19/h2-4,6H,5H2,1H3,(H,24,26,29). The fourth-order valence-corrected chi connectivity index (χ4v) is 3.91. The Labute approximate surface area is 185 Å². The van der Waals surface area contributed by atoms with Gasteiger partial charge < -0.3 is 5.32 Å². The summed E-state index contributed by atoms with van der Waals surface area (Å²) in [5.41, 5.74) is -0.835. The number of carbonyl (C=O) groups is 1. The van der Waals surface area contributed by atoms with Gasteiger partial charge in [0.2, 0.25) is 0 Å². The molecule has 1 aromatic carbocycles. The first-order chi connectivity index (χ1) is 13.5. The Kier molecular flexibility index (Phi) is 6.19. The van der Waals surface area contributed by atoms with Crippen LogP contribution in [0.1, 0.15) is 21.7 Å². The van der Waals surface area contributed by atoms with Crippen molar-refractivity contribution in [3.8, 4) is 0 Å². The Morgan fingerprint density at radius 3 is 2.48 bits per heavy atom. The van der Waals surface area contributed by atoms with Crippen molar-refractivity contribution in [1.82, 2.24) is 19.6 Å². The summed E-state index contributed by atoms with van der Waals surface area (Å²) in [4.78, 5) is 12.4. The van der Waals surface area contributed by atoms with Crippen LogP contribution in [0.3, 0.4) is 0 Å². The van der Waals surface area contributed by atoms with Gasteiger partial charge in [-0.3, -0.25) is 14.2 Å². The number of halogens is 7. The van der Waals surface area contributed by atoms with Gasteiger partial charge in [0.05, 0.1) is 11.0 Å². The summed E-state index contributed by atoms with van der Waals surface area (Å²) in [6.07, 6.45) is -3.24. The highest BCUT2D eigenvalue weighted by atomic mass is 79.9. The molecule has 0 atom stereocenters. The van der Waals surface area contributed by atoms with Gasteiger partial charge in [0.1, 0.15) is 5.02 Å². The maximum Gasteiger partial charge on any atom is 0.434 e. The van der Waals surface area contributed by atoms with Crippen LogP contribution in [0.5, 0.6) is 0 Å². The van der Waals surface area contributed by atoms with Gasteiger partial charge in [-0.1, -0.05) is 40.9 Å². The van der Waals surface area contributed by atoms with Crippen LogP contribution in [0, 0.1) is 0 Å². The molecule has 6 nitrogen and oxygen atoms in total. The zero-order chi connectivity index (χ0) is 21.5. The summed E-state index contributed by atoms with van der Waals surface area (Å²) in [7, 11) is 1.09. The van der Waals surface area contributed by atoms with Crippen molar-refractivity contribution in [3.63, 3.8) is 0 Å². The summed E-state index contributed by atoms with van der Waals surface area (Å²) in [5.74, 6) is -0.937. The van der Waals surface area contributed by atoms with Crippen LogP contribution < -0.4 is 5.32 Å². The first-order valence-electron chi connectivity index (χ1n) is 7.75. The zero-order valence-electron chi connectivity index (χ0n) is 14.4. The lowest BCUT2D eigenvalue weighted by Gasteiger charge is -2.06. The van der Waals surface area contributed by atoms with E-state index in [4.69, 9.17) is 34.8 Å². The third-order valence-electron chi connectivity index (χ3n) is 3.77. The number of aromatic nitrogens is 4. The molecule has 0 fully saturated rings. The lowest BCUT2D eigenvalue weighted by Crippen LogP contribution is -2.14. The van der Waals surface area contributed by atoms with Crippen molar-refractivity contribution in [1.29, 1.82) is 0 Å². The van der Waals surface area contributed by atoms with Gasteiger partial charge >= 0.3 is 6.18 Å². The van der Waals surface area contributed by atoms with E-state index in [-0.39, 0.29) is 17.4 Å². The SMILES string of the molecule is Cn1nc(C(=O)Nc2nn(Cc3ccc(Cl)cc3Cl)cc2Cl)c(Br)c1C(F)(F)F. The molecular formula is C16H10BrCl3F3N5O. The Morgan fingerprint density at radius 2 is 1.90 bits per heavy atom. The number of nitrogens with zero attached hydrogens (tertiary/aromatic N) is 4. The maximum atomic E-state index is 13.1. The van der Waals surface area contributed by atoms with Crippen molar-refractivity contribution in [3.05, 3.63) is 60.9 Å². The minimum absolute atomic E-state index is 0.0344. The Hall–Kier alpha value is -1.75. The molecule has 2 aromatic heterocycles. The summed E-state index contributed by atoms with van der Waals surface area (Å²) in [6.45, 7) is 0.233. The molecule has 29 heavy (non-hydrogen) atoms. The largest absolute Gasteiger partial charge is 0.434 e. The van der Waals surface area contributed by atoms with E-state index in [0.29, 0.717) is 20.3 Å². The van der Waals surface area contributed by atoms with Crippen LogP contribution >= 0.6 is 50.7 Å². The molecule has 0 saturated carbocycles. The van der Waals surface area contributed by atoms with Crippen LogP contribution in [0.25, 0.3) is 0 Å². The van der Waals surface area contributed by atoms with Crippen LogP contribution in [0.15, 0.2) is 28.9 Å². The second-order valence-electron chi connectivity index (χ2n) is 5.85. The molecule has 3 rings (SSSR count). The van der Waals surface area contributed by atoms with E-state index in [0.717, 1.165) is 7.05 Å². The average molecular weight is 532 g/mol. The van der Waals surface area contributed by atoms with Gasteiger partial charge in [-0.25, -0.2) is 0 Å². The quantitative estimate of drug-likeness (QED) is 0.473. The predicted molar refractivity (Wildman–Crippen MR) is 107 cm³/mol. The molecule has 0 saturated heterocycles. The van der Waals surface area contributed by atoms with Crippen molar-refractivity contribution >= 4 is 62.5 Å². The van der Waals surface area contributed by atoms with Gasteiger partial charge in [-0.2, -0.15) is 23.4 Å². The Bertz CT molecular complexity index is 1100. The number of hydrogen-bond acceptors (Lipinski definition) is 3. The van der Waals surface area contributed by atoms with Gasteiger partial charge in [-0.05, 0) is 33.6 Å². The Morgan fingerprint density at radius 1 is 1.21 bits per heavy atom. The summed E-state index contributed by atoms with van der Waals surface area (Å²) >= 11 is 20.9. The van der Waals surface area contributed by atoms with Gasteiger partial charge in [0, 0.05) is 23.3 Å². The van der Waals surface area contributed by atoms with Crippen molar-refractivity contribution in [2.75, 3.05) is 5.32 Å². The van der Waals surface area contributed by atoms with Crippen LogP contribution in [-0.4, -0.2) is 25.5 Å². The molecule has 154 valence electrons. The van der Waals surface area contributed by atoms with E-state index < -0.39 is 27.9 Å². The number of aryl methyl sites for hydroxylation is 1. The molecule has 0 radical (unpaired) electrons. The van der Waals surface area contributed by atoms with E-state index in [1.807, 2.05) is 0 Å². The minimum Gasteiger partial charge on any atom is -0.302 e. The monoisotopic (exact) mass is 529 g/mol. The van der Waals surface area contributed by atoms with Gasteiger partial charge in [0.15, 0.2) is 17.2 Å². The molecule has 0 bridgehead atoms. The summed E-state index contributed by atoms with van der Waals surface area (Å²) < 4.78 is 40.7. The second kappa shape index (κ2) is 8.17. The number of rotatable bonds is 4. The first-order valence-corrected chi connectivity index (χ1v) is 9.68. The molecule has 1 N–H and O–H groups in total. The third kappa shape index (κ3) is 4.71. The molecular weight excluding hydrogens is 521 g/mol. The Balaban J connectivity index is 1.82. The van der Waals surface area contributed by atoms with Crippen LogP contribution in [0.4, 0.5) is 19.0 Å². The van der Waals surface area contributed by atoms with E-state index in [1.54, 1.807) is 18.2 Å². The minimum atomic E-state index is -4.68. The molecule has 0 aliphatic heterocycles. The highest BCUT2D eigenvalue weighted by Crippen LogP contribution is 2.36. The number of carbonyl (C=O) groups excluding carboxylic acids is 1. The molecule has 13 heteroatoms. The molecule has 1 amide bonds. The van der Waals surface area contributed by atoms with Crippen molar-refractivity contribution in [2.45, 2.75) is 12.7 Å². The number of amides is 1. The molecule has 3 aromatic rings. The fourth-order valence-electron chi connectivity index (χ4n) is 2.51. The van der Waals surface area contributed by atoms with Crippen molar-refractivity contribution in [2.24, 2.45) is 7.05 Å². The van der Waals surface area contributed by atoms with E-state index in [1.165, 1.54) is 10.9 Å². The van der Waals surface area contributed by atoms with Crippen LogP contribution in [-0.2, 0) is 19.8 Å². The molecule has 0 aliphatic carbocycles. The highest BCUT2D eigenvalue weighted by molar-refractivity contribution is 9.10. The number of hydrogen-bond donors (Lipinski definition) is 1. The lowest BCUT2D eigenvalue weighted by atomic mass is 10.2. The third-order valence-corrected chi connectivity index (χ3v) is 5.38. The average Bonchev–Trinajstić information content (AvgIpc) is 3.08. The summed E-state index contributed by atoms with van der Waals surface area (Å²) in [6, 6.07) is 4.94. The normalized spacial score (nSPS) is 11.7. The molecule has 0 aliphatic rings. The number of benzene rings is 1. The molecule has 2 heterocycles. The topological polar surface area (TPSA) is 64.7 Å². The van der Waals surface area contributed by atoms with Crippen molar-refractivity contribution < 1.29 is 18.0 Å². The first kappa shape index (κ1) is 21.9. The summed E-state index contributed by atoms with van der Waals surface area (Å²) in [5, 5.41) is 11.1. The van der Waals surface area contributed by atoms with Gasteiger partial charge in [-0.15, -0.1) is 0 Å². The smallest absolute Gasteiger partial charge is 0.302 e. The highest BCUT2D eigenvalue weighted by Gasteiger charge is 2.39. The zero-order valence-corrected chi connectivity index (χ0v) is 18.2. The molecule has 0 spiro atoms. The van der Waals surface area contributed by atoms with Crippen LogP contribution in [0.2, 0.25) is 15.1 Å². The fraction of sp³-hybridized carbons (Fsp3) is 0.188. The maximum absolute atomic E-state index is 13.1. The molecule has 0 unspecified atom stereocenters. The number of alkyl halides is 3. The number of anilines is 1. The second-order valence-corrected chi connectivity index (χ2v) is 7.89. The van der Waals surface area contributed by atoms with E-state index in [2.05, 4.69) is 31.4 Å². The van der Waals surface area contributed by atoms with Gasteiger partial charge in [0.25, 0.3) is 5.91 Å². The number of nitrogens with one attached hydrogen (secondary N) is 1. The lowest BCUT2D eigenvalue weighted by molar-refractivity contribution is -0.144. The van der Waals surface area contributed by atoms with E-state index >= 15 is 0 Å².